The number of carbonyl (C=O) groups is 1. The van der Waals surface area contributed by atoms with Gasteiger partial charge in [-0.2, -0.15) is 0 Å². The lowest BCUT2D eigenvalue weighted by Crippen LogP contribution is -2.32. The molecule has 98 valence electrons. The molecular weight excluding hydrogens is 226 g/mol. The second kappa shape index (κ2) is 5.85. The van der Waals surface area contributed by atoms with Crippen LogP contribution in [0.25, 0.3) is 0 Å². The number of amides is 1. The molecule has 0 radical (unpaired) electrons. The summed E-state index contributed by atoms with van der Waals surface area (Å²) in [6.07, 6.45) is 5.02. The molecule has 0 atom stereocenters. The molecule has 0 saturated heterocycles. The lowest BCUT2D eigenvalue weighted by molar-refractivity contribution is 0.0752. The van der Waals surface area contributed by atoms with Gasteiger partial charge in [-0.3, -0.25) is 4.79 Å². The van der Waals surface area contributed by atoms with Crippen LogP contribution in [0.15, 0.2) is 18.3 Å². The van der Waals surface area contributed by atoms with Crippen LogP contribution in [0.4, 0.5) is 5.82 Å². The Balaban J connectivity index is 2.01. The minimum atomic E-state index is 0.106. The topological polar surface area (TPSA) is 45.2 Å². The maximum atomic E-state index is 12.2. The summed E-state index contributed by atoms with van der Waals surface area (Å²) in [5.74, 6) is 0.942. The van der Waals surface area contributed by atoms with Crippen LogP contribution in [-0.4, -0.2) is 34.9 Å². The van der Waals surface area contributed by atoms with E-state index in [9.17, 15) is 4.79 Å². The van der Waals surface area contributed by atoms with Crippen LogP contribution in [0, 0.1) is 0 Å². The molecular formula is C14H21N3O. The quantitative estimate of drug-likeness (QED) is 0.840. The summed E-state index contributed by atoms with van der Waals surface area (Å²) in [5.41, 5.74) is 0.686. The molecule has 1 saturated carbocycles. The van der Waals surface area contributed by atoms with Crippen molar-refractivity contribution in [3.63, 3.8) is 0 Å². The number of nitrogens with zero attached hydrogens (tertiary/aromatic N) is 2. The largest absolute Gasteiger partial charge is 0.370 e. The number of pyridine rings is 1. The highest BCUT2D eigenvalue weighted by molar-refractivity contribution is 5.94. The SMILES string of the molecule is CCCNc1ccc(C(=O)N(CC)C2CC2)cn1. The molecule has 1 aliphatic carbocycles. The first kappa shape index (κ1) is 12.9. The molecule has 1 N–H and O–H groups in total. The van der Waals surface area contributed by atoms with Crippen LogP contribution in [0.3, 0.4) is 0 Å². The fraction of sp³-hybridized carbons (Fsp3) is 0.571. The molecule has 4 heteroatoms. The second-order valence-electron chi connectivity index (χ2n) is 4.68. The summed E-state index contributed by atoms with van der Waals surface area (Å²) in [6, 6.07) is 4.20. The van der Waals surface area contributed by atoms with Crippen molar-refractivity contribution in [3.8, 4) is 0 Å². The van der Waals surface area contributed by atoms with Crippen molar-refractivity contribution in [3.05, 3.63) is 23.9 Å². The zero-order valence-corrected chi connectivity index (χ0v) is 11.1. The molecule has 1 aliphatic rings. The summed E-state index contributed by atoms with van der Waals surface area (Å²) in [7, 11) is 0. The van der Waals surface area contributed by atoms with Gasteiger partial charge in [-0.1, -0.05) is 6.92 Å². The van der Waals surface area contributed by atoms with E-state index >= 15 is 0 Å². The fourth-order valence-electron chi connectivity index (χ4n) is 2.00. The van der Waals surface area contributed by atoms with Gasteiger partial charge in [-0.25, -0.2) is 4.98 Å². The molecule has 0 aromatic carbocycles. The van der Waals surface area contributed by atoms with Crippen LogP contribution >= 0.6 is 0 Å². The van der Waals surface area contributed by atoms with E-state index < -0.39 is 0 Å². The molecule has 4 nitrogen and oxygen atoms in total. The summed E-state index contributed by atoms with van der Waals surface area (Å²) in [5, 5.41) is 3.20. The predicted molar refractivity (Wildman–Crippen MR) is 72.8 cm³/mol. The van der Waals surface area contributed by atoms with E-state index in [-0.39, 0.29) is 5.91 Å². The maximum absolute atomic E-state index is 12.2. The van der Waals surface area contributed by atoms with E-state index in [1.807, 2.05) is 24.0 Å². The second-order valence-corrected chi connectivity index (χ2v) is 4.68. The lowest BCUT2D eigenvalue weighted by Gasteiger charge is -2.20. The Labute approximate surface area is 108 Å². The molecule has 2 rings (SSSR count). The molecule has 1 aromatic heterocycles. The van der Waals surface area contributed by atoms with Crippen molar-refractivity contribution in [2.75, 3.05) is 18.4 Å². The van der Waals surface area contributed by atoms with Gasteiger partial charge in [0.05, 0.1) is 5.56 Å². The first-order valence-corrected chi connectivity index (χ1v) is 6.77. The van der Waals surface area contributed by atoms with Crippen LogP contribution in [0.1, 0.15) is 43.5 Å². The Bertz CT molecular complexity index is 398. The Hall–Kier alpha value is -1.58. The number of rotatable bonds is 6. The minimum Gasteiger partial charge on any atom is -0.370 e. The van der Waals surface area contributed by atoms with Gasteiger partial charge in [0, 0.05) is 25.3 Å². The van der Waals surface area contributed by atoms with E-state index in [0.717, 1.165) is 38.2 Å². The zero-order valence-electron chi connectivity index (χ0n) is 11.1. The Morgan fingerprint density at radius 3 is 2.72 bits per heavy atom. The van der Waals surface area contributed by atoms with Gasteiger partial charge in [-0.05, 0) is 38.3 Å². The molecule has 0 bridgehead atoms. The van der Waals surface area contributed by atoms with Crippen molar-refractivity contribution in [1.82, 2.24) is 9.88 Å². The van der Waals surface area contributed by atoms with Gasteiger partial charge < -0.3 is 10.2 Å². The van der Waals surface area contributed by atoms with Crippen molar-refractivity contribution < 1.29 is 4.79 Å². The third-order valence-electron chi connectivity index (χ3n) is 3.16. The molecule has 0 spiro atoms. The van der Waals surface area contributed by atoms with Gasteiger partial charge in [0.1, 0.15) is 5.82 Å². The highest BCUT2D eigenvalue weighted by atomic mass is 16.2. The molecule has 1 aromatic rings. The Morgan fingerprint density at radius 1 is 1.44 bits per heavy atom. The number of nitrogens with one attached hydrogen (secondary N) is 1. The number of anilines is 1. The molecule has 1 amide bonds. The molecule has 0 unspecified atom stereocenters. The summed E-state index contributed by atoms with van der Waals surface area (Å²) in [6.45, 7) is 5.82. The first-order chi connectivity index (χ1) is 8.76. The van der Waals surface area contributed by atoms with Gasteiger partial charge in [0.2, 0.25) is 0 Å². The minimum absolute atomic E-state index is 0.106. The number of carbonyl (C=O) groups excluding carboxylic acids is 1. The van der Waals surface area contributed by atoms with Crippen LogP contribution in [-0.2, 0) is 0 Å². The number of hydrogen-bond donors (Lipinski definition) is 1. The van der Waals surface area contributed by atoms with Crippen LogP contribution in [0.2, 0.25) is 0 Å². The van der Waals surface area contributed by atoms with Gasteiger partial charge >= 0.3 is 0 Å². The van der Waals surface area contributed by atoms with Crippen LogP contribution < -0.4 is 5.32 Å². The highest BCUT2D eigenvalue weighted by Gasteiger charge is 2.31. The average molecular weight is 247 g/mol. The highest BCUT2D eigenvalue weighted by Crippen LogP contribution is 2.27. The third-order valence-corrected chi connectivity index (χ3v) is 3.16. The maximum Gasteiger partial charge on any atom is 0.255 e. The van der Waals surface area contributed by atoms with E-state index in [0.29, 0.717) is 11.6 Å². The number of hydrogen-bond acceptors (Lipinski definition) is 3. The van der Waals surface area contributed by atoms with E-state index in [4.69, 9.17) is 0 Å². The molecule has 1 fully saturated rings. The normalized spacial score (nSPS) is 14.3. The summed E-state index contributed by atoms with van der Waals surface area (Å²) < 4.78 is 0. The summed E-state index contributed by atoms with van der Waals surface area (Å²) in [4.78, 5) is 18.5. The molecule has 18 heavy (non-hydrogen) atoms. The van der Waals surface area contributed by atoms with E-state index in [1.165, 1.54) is 0 Å². The van der Waals surface area contributed by atoms with Crippen molar-refractivity contribution in [2.45, 2.75) is 39.2 Å². The fourth-order valence-corrected chi connectivity index (χ4v) is 2.00. The van der Waals surface area contributed by atoms with Gasteiger partial charge in [-0.15, -0.1) is 0 Å². The van der Waals surface area contributed by atoms with Crippen molar-refractivity contribution in [2.24, 2.45) is 0 Å². The molecule has 1 heterocycles. The average Bonchev–Trinajstić information content (AvgIpc) is 3.22. The van der Waals surface area contributed by atoms with Gasteiger partial charge in [0.15, 0.2) is 0 Å². The van der Waals surface area contributed by atoms with E-state index in [2.05, 4.69) is 17.2 Å². The van der Waals surface area contributed by atoms with Crippen molar-refractivity contribution >= 4 is 11.7 Å². The van der Waals surface area contributed by atoms with E-state index in [1.54, 1.807) is 6.20 Å². The van der Waals surface area contributed by atoms with Gasteiger partial charge in [0.25, 0.3) is 5.91 Å². The smallest absolute Gasteiger partial charge is 0.255 e. The Morgan fingerprint density at radius 2 is 2.22 bits per heavy atom. The number of aromatic nitrogens is 1. The lowest BCUT2D eigenvalue weighted by atomic mass is 10.2. The monoisotopic (exact) mass is 247 g/mol. The summed E-state index contributed by atoms with van der Waals surface area (Å²) >= 11 is 0. The third kappa shape index (κ3) is 3.00. The van der Waals surface area contributed by atoms with Crippen molar-refractivity contribution in [1.29, 1.82) is 0 Å². The standard InChI is InChI=1S/C14H21N3O/c1-3-9-15-13-8-5-11(10-16-13)14(18)17(4-2)12-6-7-12/h5,8,10,12H,3-4,6-7,9H2,1-2H3,(H,15,16). The van der Waals surface area contributed by atoms with Crippen LogP contribution in [0.5, 0.6) is 0 Å². The Kier molecular flexibility index (Phi) is 4.18. The predicted octanol–water partition coefficient (Wildman–Crippen LogP) is 2.53. The molecule has 0 aliphatic heterocycles. The first-order valence-electron chi connectivity index (χ1n) is 6.77. The zero-order chi connectivity index (χ0) is 13.0.